The standard InChI is InChI=1S/C22H27N3O3S/c1-23-8-10-28-17-5-3-16(4-6-17)18-11-20(25-9-7-15(13-25)14-26)22-19(24-18)12-21(27-2)29-22/h3-6,11-12,15,23,26H,7-10,13-14H2,1-2H3. The average molecular weight is 414 g/mol. The van der Waals surface area contributed by atoms with Gasteiger partial charge in [-0.2, -0.15) is 0 Å². The minimum absolute atomic E-state index is 0.236. The van der Waals surface area contributed by atoms with E-state index in [9.17, 15) is 5.11 Å². The van der Waals surface area contributed by atoms with E-state index in [1.165, 1.54) is 5.69 Å². The molecule has 1 aliphatic rings. The van der Waals surface area contributed by atoms with Crippen molar-refractivity contribution in [2.45, 2.75) is 6.42 Å². The van der Waals surface area contributed by atoms with E-state index < -0.39 is 0 Å². The van der Waals surface area contributed by atoms with E-state index in [0.717, 1.165) is 58.3 Å². The Labute approximate surface area is 175 Å². The summed E-state index contributed by atoms with van der Waals surface area (Å²) in [6.07, 6.45) is 1.01. The lowest BCUT2D eigenvalue weighted by molar-refractivity contribution is 0.238. The van der Waals surface area contributed by atoms with Crippen LogP contribution in [0.2, 0.25) is 0 Å². The topological polar surface area (TPSA) is 66.9 Å². The first-order chi connectivity index (χ1) is 14.2. The second kappa shape index (κ2) is 8.98. The van der Waals surface area contributed by atoms with Crippen LogP contribution in [0.4, 0.5) is 5.69 Å². The summed E-state index contributed by atoms with van der Waals surface area (Å²) in [7, 11) is 3.60. The molecule has 1 aliphatic heterocycles. The van der Waals surface area contributed by atoms with Crippen LogP contribution in [-0.4, -0.2) is 57.1 Å². The first kappa shape index (κ1) is 19.9. The van der Waals surface area contributed by atoms with Crippen LogP contribution in [0, 0.1) is 5.92 Å². The molecule has 7 heteroatoms. The van der Waals surface area contributed by atoms with Crippen molar-refractivity contribution in [3.8, 4) is 22.1 Å². The monoisotopic (exact) mass is 413 g/mol. The van der Waals surface area contributed by atoms with E-state index >= 15 is 0 Å². The lowest BCUT2D eigenvalue weighted by Crippen LogP contribution is -2.20. The summed E-state index contributed by atoms with van der Waals surface area (Å²) in [4.78, 5) is 7.25. The summed E-state index contributed by atoms with van der Waals surface area (Å²) in [5.41, 5.74) is 4.10. The van der Waals surface area contributed by atoms with Crippen LogP contribution in [0.1, 0.15) is 6.42 Å². The van der Waals surface area contributed by atoms with Gasteiger partial charge in [-0.15, -0.1) is 0 Å². The molecule has 154 valence electrons. The zero-order chi connectivity index (χ0) is 20.2. The van der Waals surface area contributed by atoms with Crippen LogP contribution in [0.15, 0.2) is 36.4 Å². The number of hydrogen-bond donors (Lipinski definition) is 2. The van der Waals surface area contributed by atoms with E-state index in [2.05, 4.69) is 28.4 Å². The Kier molecular flexibility index (Phi) is 6.18. The van der Waals surface area contributed by atoms with E-state index in [1.54, 1.807) is 18.4 Å². The summed E-state index contributed by atoms with van der Waals surface area (Å²) < 4.78 is 12.3. The lowest BCUT2D eigenvalue weighted by atomic mass is 10.1. The number of thiophene rings is 1. The molecule has 1 aromatic carbocycles. The number of ether oxygens (including phenoxy) is 2. The zero-order valence-corrected chi connectivity index (χ0v) is 17.7. The minimum Gasteiger partial charge on any atom is -0.492 e. The van der Waals surface area contributed by atoms with Crippen molar-refractivity contribution in [2.24, 2.45) is 5.92 Å². The van der Waals surface area contributed by atoms with Crippen LogP contribution in [-0.2, 0) is 0 Å². The van der Waals surface area contributed by atoms with Gasteiger partial charge in [-0.3, -0.25) is 0 Å². The van der Waals surface area contributed by atoms with Gasteiger partial charge < -0.3 is 24.8 Å². The summed E-state index contributed by atoms with van der Waals surface area (Å²) in [5, 5.41) is 13.5. The van der Waals surface area contributed by atoms with Gasteiger partial charge in [0.2, 0.25) is 0 Å². The number of nitrogens with zero attached hydrogens (tertiary/aromatic N) is 2. The van der Waals surface area contributed by atoms with Gasteiger partial charge in [0.25, 0.3) is 0 Å². The number of pyridine rings is 1. The first-order valence-corrected chi connectivity index (χ1v) is 10.8. The largest absolute Gasteiger partial charge is 0.492 e. The van der Waals surface area contributed by atoms with Crippen LogP contribution in [0.3, 0.4) is 0 Å². The number of aromatic nitrogens is 1. The number of nitrogens with one attached hydrogen (secondary N) is 1. The van der Waals surface area contributed by atoms with Crippen LogP contribution in [0.25, 0.3) is 21.5 Å². The van der Waals surface area contributed by atoms with Crippen molar-refractivity contribution in [3.05, 3.63) is 36.4 Å². The fourth-order valence-corrected chi connectivity index (χ4v) is 4.62. The maximum absolute atomic E-state index is 9.55. The maximum Gasteiger partial charge on any atom is 0.176 e. The maximum atomic E-state index is 9.55. The molecule has 0 saturated carbocycles. The molecule has 0 aliphatic carbocycles. The Bertz CT molecular complexity index is 958. The quantitative estimate of drug-likeness (QED) is 0.552. The summed E-state index contributed by atoms with van der Waals surface area (Å²) in [5.74, 6) is 1.19. The zero-order valence-electron chi connectivity index (χ0n) is 16.9. The number of hydrogen-bond acceptors (Lipinski definition) is 7. The smallest absolute Gasteiger partial charge is 0.176 e. The van der Waals surface area contributed by atoms with Gasteiger partial charge in [-0.25, -0.2) is 4.98 Å². The molecular weight excluding hydrogens is 386 g/mol. The average Bonchev–Trinajstić information content (AvgIpc) is 3.40. The fraction of sp³-hybridized carbons (Fsp3) is 0.409. The molecule has 0 bridgehead atoms. The Morgan fingerprint density at radius 1 is 1.28 bits per heavy atom. The Morgan fingerprint density at radius 3 is 2.79 bits per heavy atom. The highest BCUT2D eigenvalue weighted by Crippen LogP contribution is 2.41. The van der Waals surface area contributed by atoms with E-state index in [-0.39, 0.29) is 6.61 Å². The molecule has 1 saturated heterocycles. The third kappa shape index (κ3) is 4.32. The second-order valence-corrected chi connectivity index (χ2v) is 8.28. The van der Waals surface area contributed by atoms with Crippen molar-refractivity contribution < 1.29 is 14.6 Å². The van der Waals surface area contributed by atoms with Gasteiger partial charge in [-0.05, 0) is 43.8 Å². The van der Waals surface area contributed by atoms with Gasteiger partial charge in [0.15, 0.2) is 5.06 Å². The lowest BCUT2D eigenvalue weighted by Gasteiger charge is -2.20. The number of rotatable bonds is 8. The Hall–Kier alpha value is -2.35. The minimum atomic E-state index is 0.236. The summed E-state index contributed by atoms with van der Waals surface area (Å²) in [6, 6.07) is 12.2. The van der Waals surface area contributed by atoms with Crippen LogP contribution >= 0.6 is 11.3 Å². The molecule has 3 heterocycles. The fourth-order valence-electron chi connectivity index (χ4n) is 3.66. The highest BCUT2D eigenvalue weighted by atomic mass is 32.1. The Balaban J connectivity index is 1.67. The van der Waals surface area contributed by atoms with Crippen molar-refractivity contribution in [2.75, 3.05) is 51.9 Å². The predicted octanol–water partition coefficient (Wildman–Crippen LogP) is 3.39. The number of fused-ring (bicyclic) bond motifs is 1. The number of benzene rings is 1. The van der Waals surface area contributed by atoms with E-state index in [0.29, 0.717) is 12.5 Å². The van der Waals surface area contributed by atoms with Gasteiger partial charge in [0.05, 0.1) is 28.7 Å². The van der Waals surface area contributed by atoms with Gasteiger partial charge in [0.1, 0.15) is 12.4 Å². The summed E-state index contributed by atoms with van der Waals surface area (Å²) in [6.45, 7) is 3.50. The van der Waals surface area contributed by atoms with Crippen molar-refractivity contribution in [1.29, 1.82) is 0 Å². The number of anilines is 1. The van der Waals surface area contributed by atoms with Crippen molar-refractivity contribution in [1.82, 2.24) is 10.3 Å². The highest BCUT2D eigenvalue weighted by molar-refractivity contribution is 7.21. The summed E-state index contributed by atoms with van der Waals surface area (Å²) >= 11 is 1.62. The number of aliphatic hydroxyl groups is 1. The third-order valence-electron chi connectivity index (χ3n) is 5.29. The van der Waals surface area contributed by atoms with Gasteiger partial charge in [0, 0.05) is 43.8 Å². The molecule has 1 atom stereocenters. The SMILES string of the molecule is CNCCOc1ccc(-c2cc(N3CCC(CO)C3)c3sc(OC)cc3n2)cc1. The van der Waals surface area contributed by atoms with E-state index in [4.69, 9.17) is 14.5 Å². The first-order valence-electron chi connectivity index (χ1n) is 9.94. The number of aliphatic hydroxyl groups excluding tert-OH is 1. The molecule has 6 nitrogen and oxygen atoms in total. The van der Waals surface area contributed by atoms with E-state index in [1.807, 2.05) is 25.2 Å². The number of likely N-dealkylation sites (N-methyl/N-ethyl adjacent to an activating group) is 1. The van der Waals surface area contributed by atoms with Crippen LogP contribution < -0.4 is 19.7 Å². The molecular formula is C22H27N3O3S. The number of methoxy groups -OCH3 is 1. The molecule has 1 unspecified atom stereocenters. The van der Waals surface area contributed by atoms with Crippen LogP contribution in [0.5, 0.6) is 10.8 Å². The molecule has 0 spiro atoms. The molecule has 1 fully saturated rings. The molecule has 2 N–H and O–H groups in total. The van der Waals surface area contributed by atoms with Gasteiger partial charge in [-0.1, -0.05) is 11.3 Å². The van der Waals surface area contributed by atoms with Crippen molar-refractivity contribution >= 4 is 27.2 Å². The molecule has 0 radical (unpaired) electrons. The van der Waals surface area contributed by atoms with Crippen molar-refractivity contribution in [3.63, 3.8) is 0 Å². The molecule has 4 rings (SSSR count). The molecule has 2 aromatic heterocycles. The normalized spacial score (nSPS) is 16.5. The molecule has 3 aromatic rings. The Morgan fingerprint density at radius 2 is 2.10 bits per heavy atom. The van der Waals surface area contributed by atoms with Gasteiger partial charge >= 0.3 is 0 Å². The highest BCUT2D eigenvalue weighted by Gasteiger charge is 2.25. The molecule has 0 amide bonds. The second-order valence-electron chi connectivity index (χ2n) is 7.27. The predicted molar refractivity (Wildman–Crippen MR) is 118 cm³/mol. The third-order valence-corrected chi connectivity index (χ3v) is 6.40. The molecule has 29 heavy (non-hydrogen) atoms.